The smallest absolute Gasteiger partial charge is 0.420 e. The number of ether oxygens (including phenoxy) is 2. The Labute approximate surface area is 197 Å². The van der Waals surface area contributed by atoms with Crippen molar-refractivity contribution in [1.82, 2.24) is 10.6 Å². The number of alkyl halides is 3. The van der Waals surface area contributed by atoms with Crippen LogP contribution in [0, 0.1) is 11.3 Å². The van der Waals surface area contributed by atoms with Crippen molar-refractivity contribution < 1.29 is 27.4 Å². The number of aliphatic imine (C=N–C) groups is 1. The molecule has 0 radical (unpaired) electrons. The first-order chi connectivity index (χ1) is 16.3. The second-order valence-electron chi connectivity index (χ2n) is 7.50. The summed E-state index contributed by atoms with van der Waals surface area (Å²) >= 11 is 1.23. The molecule has 2 aliphatic heterocycles. The molecular formula is C23H19F3N4O3S. The van der Waals surface area contributed by atoms with Gasteiger partial charge in [0.1, 0.15) is 5.75 Å². The highest BCUT2D eigenvalue weighted by molar-refractivity contribution is 8.18. The molecule has 7 nitrogen and oxygen atoms in total. The maximum atomic E-state index is 13.5. The standard InChI is InChI=1S/C23H19F3N4O3S/c1-32-19-9-13(10-20-21(31)30-22(34-20)29-15-6-7-28-12-15)2-5-18(19)33-17-4-3-14(11-27)8-16(17)23(24,25)26/h2-5,8-10,15,28H,6-7,12H2,1H3,(H,29,30,31)/b20-10+. The van der Waals surface area contributed by atoms with Gasteiger partial charge in [-0.15, -0.1) is 0 Å². The lowest BCUT2D eigenvalue weighted by molar-refractivity contribution is -0.138. The molecule has 0 spiro atoms. The van der Waals surface area contributed by atoms with Crippen molar-refractivity contribution in [3.8, 4) is 23.3 Å². The van der Waals surface area contributed by atoms with E-state index >= 15 is 0 Å². The summed E-state index contributed by atoms with van der Waals surface area (Å²) in [6.45, 7) is 1.72. The Morgan fingerprint density at radius 2 is 2.03 bits per heavy atom. The molecule has 2 aromatic rings. The number of nitrogens with one attached hydrogen (secondary N) is 2. The van der Waals surface area contributed by atoms with Crippen molar-refractivity contribution in [2.45, 2.75) is 18.6 Å². The van der Waals surface area contributed by atoms with Crippen LogP contribution in [0.2, 0.25) is 0 Å². The fraction of sp³-hybridized carbons (Fsp3) is 0.261. The number of hydrogen-bond acceptors (Lipinski definition) is 7. The Bertz CT molecular complexity index is 1210. The predicted octanol–water partition coefficient (Wildman–Crippen LogP) is 4.30. The van der Waals surface area contributed by atoms with Crippen LogP contribution in [0.3, 0.4) is 0 Å². The van der Waals surface area contributed by atoms with E-state index in [0.29, 0.717) is 15.6 Å². The average Bonchev–Trinajstić information content (AvgIpc) is 3.44. The molecule has 0 saturated carbocycles. The number of carbonyl (C=O) groups excluding carboxylic acids is 1. The maximum Gasteiger partial charge on any atom is 0.420 e. The van der Waals surface area contributed by atoms with E-state index in [1.165, 1.54) is 31.0 Å². The number of carbonyl (C=O) groups is 1. The molecule has 1 fully saturated rings. The molecule has 0 bridgehead atoms. The number of hydrogen-bond donors (Lipinski definition) is 2. The van der Waals surface area contributed by atoms with E-state index in [9.17, 15) is 18.0 Å². The number of nitrogens with zero attached hydrogens (tertiary/aromatic N) is 2. The van der Waals surface area contributed by atoms with Crippen LogP contribution < -0.4 is 20.1 Å². The quantitative estimate of drug-likeness (QED) is 0.606. The summed E-state index contributed by atoms with van der Waals surface area (Å²) in [5, 5.41) is 15.9. The van der Waals surface area contributed by atoms with E-state index in [4.69, 9.17) is 14.7 Å². The van der Waals surface area contributed by atoms with Crippen molar-refractivity contribution in [2.24, 2.45) is 4.99 Å². The molecule has 2 N–H and O–H groups in total. The summed E-state index contributed by atoms with van der Waals surface area (Å²) < 4.78 is 51.2. The highest BCUT2D eigenvalue weighted by atomic mass is 32.2. The van der Waals surface area contributed by atoms with Crippen molar-refractivity contribution >= 4 is 28.9 Å². The average molecular weight is 488 g/mol. The molecule has 0 aliphatic carbocycles. The normalized spacial score (nSPS) is 19.1. The molecule has 2 heterocycles. The minimum atomic E-state index is -4.71. The third kappa shape index (κ3) is 5.35. The van der Waals surface area contributed by atoms with Crippen LogP contribution in [-0.2, 0) is 11.0 Å². The monoisotopic (exact) mass is 488 g/mol. The van der Waals surface area contributed by atoms with Gasteiger partial charge in [-0.3, -0.25) is 4.79 Å². The first-order valence-electron chi connectivity index (χ1n) is 10.2. The van der Waals surface area contributed by atoms with Crippen LogP contribution in [0.5, 0.6) is 17.2 Å². The largest absolute Gasteiger partial charge is 0.493 e. The Morgan fingerprint density at radius 1 is 1.24 bits per heavy atom. The lowest BCUT2D eigenvalue weighted by Gasteiger charge is -2.16. The molecule has 1 unspecified atom stereocenters. The van der Waals surface area contributed by atoms with Gasteiger partial charge in [-0.25, -0.2) is 0 Å². The van der Waals surface area contributed by atoms with Crippen molar-refractivity contribution in [3.05, 3.63) is 58.0 Å². The van der Waals surface area contributed by atoms with Gasteiger partial charge in [0, 0.05) is 12.6 Å². The van der Waals surface area contributed by atoms with Gasteiger partial charge in [-0.2, -0.15) is 23.4 Å². The van der Waals surface area contributed by atoms with Gasteiger partial charge < -0.3 is 20.1 Å². The summed E-state index contributed by atoms with van der Waals surface area (Å²) in [6.07, 6.45) is -2.13. The van der Waals surface area contributed by atoms with Gasteiger partial charge in [-0.05, 0) is 66.7 Å². The van der Waals surface area contributed by atoms with Gasteiger partial charge >= 0.3 is 6.18 Å². The Balaban J connectivity index is 1.54. The van der Waals surface area contributed by atoms with Crippen LogP contribution in [0.25, 0.3) is 6.08 Å². The van der Waals surface area contributed by atoms with Crippen molar-refractivity contribution in [1.29, 1.82) is 5.26 Å². The second-order valence-corrected chi connectivity index (χ2v) is 8.53. The van der Waals surface area contributed by atoms with E-state index < -0.39 is 17.5 Å². The van der Waals surface area contributed by atoms with Crippen molar-refractivity contribution in [3.63, 3.8) is 0 Å². The van der Waals surface area contributed by atoms with E-state index in [-0.39, 0.29) is 29.0 Å². The molecule has 1 atom stereocenters. The molecule has 176 valence electrons. The lowest BCUT2D eigenvalue weighted by Crippen LogP contribution is -2.33. The van der Waals surface area contributed by atoms with E-state index in [1.807, 2.05) is 0 Å². The Morgan fingerprint density at radius 3 is 2.71 bits per heavy atom. The molecule has 11 heteroatoms. The van der Waals surface area contributed by atoms with Crippen LogP contribution in [0.15, 0.2) is 46.3 Å². The first kappa shape index (κ1) is 23.7. The topological polar surface area (TPSA) is 95.7 Å². The molecular weight excluding hydrogens is 469 g/mol. The lowest BCUT2D eigenvalue weighted by atomic mass is 10.1. The number of rotatable bonds is 5. The highest BCUT2D eigenvalue weighted by Crippen LogP contribution is 2.41. The molecule has 1 amide bonds. The number of amides is 1. The van der Waals surface area contributed by atoms with E-state index in [1.54, 1.807) is 24.3 Å². The summed E-state index contributed by atoms with van der Waals surface area (Å²) in [7, 11) is 1.36. The zero-order valence-corrected chi connectivity index (χ0v) is 18.7. The number of methoxy groups -OCH3 is 1. The molecule has 1 saturated heterocycles. The van der Waals surface area contributed by atoms with Gasteiger partial charge in [0.25, 0.3) is 5.91 Å². The van der Waals surface area contributed by atoms with E-state index in [2.05, 4.69) is 15.6 Å². The fourth-order valence-corrected chi connectivity index (χ4v) is 4.35. The highest BCUT2D eigenvalue weighted by Gasteiger charge is 2.35. The van der Waals surface area contributed by atoms with Gasteiger partial charge in [0.15, 0.2) is 16.7 Å². The fourth-order valence-electron chi connectivity index (χ4n) is 3.46. The zero-order chi connectivity index (χ0) is 24.3. The molecule has 4 rings (SSSR count). The Hall–Kier alpha value is -3.49. The number of thioether (sulfide) groups is 1. The maximum absolute atomic E-state index is 13.5. The molecule has 0 aromatic heterocycles. The number of amidine groups is 1. The molecule has 2 aromatic carbocycles. The summed E-state index contributed by atoms with van der Waals surface area (Å²) in [6, 6.07) is 9.59. The predicted molar refractivity (Wildman–Crippen MR) is 122 cm³/mol. The van der Waals surface area contributed by atoms with Crippen LogP contribution in [0.1, 0.15) is 23.1 Å². The summed E-state index contributed by atoms with van der Waals surface area (Å²) in [5.74, 6) is -0.593. The van der Waals surface area contributed by atoms with Crippen LogP contribution in [-0.4, -0.2) is 37.3 Å². The molecule has 2 aliphatic rings. The minimum absolute atomic E-state index is 0.0533. The zero-order valence-electron chi connectivity index (χ0n) is 17.9. The third-order valence-corrected chi connectivity index (χ3v) is 6.04. The molecule has 34 heavy (non-hydrogen) atoms. The van der Waals surface area contributed by atoms with E-state index in [0.717, 1.165) is 31.6 Å². The van der Waals surface area contributed by atoms with Crippen molar-refractivity contribution in [2.75, 3.05) is 20.2 Å². The summed E-state index contributed by atoms with van der Waals surface area (Å²) in [5.41, 5.74) is -0.607. The second kappa shape index (κ2) is 9.79. The van der Waals surface area contributed by atoms with Crippen LogP contribution in [0.4, 0.5) is 13.2 Å². The Kier molecular flexibility index (Phi) is 6.81. The number of halogens is 3. The first-order valence-corrected chi connectivity index (χ1v) is 11.1. The summed E-state index contributed by atoms with van der Waals surface area (Å²) in [4.78, 5) is 16.7. The minimum Gasteiger partial charge on any atom is -0.493 e. The SMILES string of the molecule is COc1cc(/C=C2/SC(NC3CCNC3)=NC2=O)ccc1Oc1ccc(C#N)cc1C(F)(F)F. The third-order valence-electron chi connectivity index (χ3n) is 5.13. The number of benzene rings is 2. The van der Waals surface area contributed by atoms with Gasteiger partial charge in [0.05, 0.1) is 29.2 Å². The van der Waals surface area contributed by atoms with Gasteiger partial charge in [-0.1, -0.05) is 6.07 Å². The van der Waals surface area contributed by atoms with Gasteiger partial charge in [0.2, 0.25) is 0 Å². The number of nitriles is 1. The van der Waals surface area contributed by atoms with Crippen LogP contribution >= 0.6 is 11.8 Å².